The summed E-state index contributed by atoms with van der Waals surface area (Å²) in [6.07, 6.45) is 0. The molecule has 0 bridgehead atoms. The minimum absolute atomic E-state index is 0.149. The Hall–Kier alpha value is -3.12. The van der Waals surface area contributed by atoms with Gasteiger partial charge in [-0.05, 0) is 62.9 Å². The molecule has 0 radical (unpaired) electrons. The summed E-state index contributed by atoms with van der Waals surface area (Å²) < 4.78 is 5.26. The lowest BCUT2D eigenvalue weighted by atomic mass is 10.1. The maximum absolute atomic E-state index is 12.9. The Morgan fingerprint density at radius 1 is 1.03 bits per heavy atom. The first kappa shape index (κ1) is 20.2. The van der Waals surface area contributed by atoms with Gasteiger partial charge in [-0.15, -0.1) is 0 Å². The number of benzene rings is 2. The Labute approximate surface area is 177 Å². The van der Waals surface area contributed by atoms with Gasteiger partial charge >= 0.3 is 0 Å². The number of hydrogen-bond donors (Lipinski definition) is 1. The van der Waals surface area contributed by atoms with Gasteiger partial charge in [-0.2, -0.15) is 0 Å². The highest BCUT2D eigenvalue weighted by molar-refractivity contribution is 6.07. The lowest BCUT2D eigenvalue weighted by Crippen LogP contribution is -2.44. The number of hydrogen-bond acceptors (Lipinski definition) is 5. The number of nitrogens with zero attached hydrogens (tertiary/aromatic N) is 3. The van der Waals surface area contributed by atoms with Crippen LogP contribution in [0.1, 0.15) is 21.6 Å². The molecule has 1 aliphatic rings. The fourth-order valence-corrected chi connectivity index (χ4v) is 3.93. The number of aryl methyl sites for hydroxylation is 2. The lowest BCUT2D eigenvalue weighted by Gasteiger charge is -2.35. The Morgan fingerprint density at radius 3 is 2.50 bits per heavy atom. The number of rotatable bonds is 4. The van der Waals surface area contributed by atoms with Crippen LogP contribution in [0.15, 0.2) is 42.5 Å². The van der Waals surface area contributed by atoms with Crippen molar-refractivity contribution in [3.63, 3.8) is 0 Å². The molecule has 6 heteroatoms. The van der Waals surface area contributed by atoms with Crippen LogP contribution < -0.4 is 15.0 Å². The molecule has 2 heterocycles. The number of nitrogens with one attached hydrogen (secondary N) is 1. The number of anilines is 2. The van der Waals surface area contributed by atoms with Crippen LogP contribution in [0.25, 0.3) is 10.9 Å². The molecule has 1 fully saturated rings. The van der Waals surface area contributed by atoms with Gasteiger partial charge in [0.1, 0.15) is 5.75 Å². The van der Waals surface area contributed by atoms with Gasteiger partial charge in [-0.25, -0.2) is 0 Å². The number of likely N-dealkylation sites (N-methyl/N-ethyl adjacent to an activating group) is 1. The third-order valence-electron chi connectivity index (χ3n) is 5.76. The van der Waals surface area contributed by atoms with Crippen LogP contribution in [0.4, 0.5) is 11.4 Å². The fraction of sp³-hybridized carbons (Fsp3) is 0.333. The Morgan fingerprint density at radius 2 is 1.80 bits per heavy atom. The molecule has 2 aromatic carbocycles. The van der Waals surface area contributed by atoms with E-state index in [0.717, 1.165) is 54.1 Å². The van der Waals surface area contributed by atoms with Gasteiger partial charge in [-0.3, -0.25) is 9.78 Å². The van der Waals surface area contributed by atoms with E-state index in [9.17, 15) is 4.79 Å². The minimum atomic E-state index is -0.149. The predicted molar refractivity (Wildman–Crippen MR) is 122 cm³/mol. The number of fused-ring (bicyclic) bond motifs is 1. The van der Waals surface area contributed by atoms with Crippen LogP contribution in [0.5, 0.6) is 5.75 Å². The van der Waals surface area contributed by atoms with E-state index in [1.807, 2.05) is 43.3 Å². The zero-order valence-electron chi connectivity index (χ0n) is 18.0. The van der Waals surface area contributed by atoms with Gasteiger partial charge < -0.3 is 19.9 Å². The zero-order chi connectivity index (χ0) is 21.3. The molecule has 1 amide bonds. The summed E-state index contributed by atoms with van der Waals surface area (Å²) in [7, 11) is 3.79. The highest BCUT2D eigenvalue weighted by Gasteiger charge is 2.17. The van der Waals surface area contributed by atoms with Gasteiger partial charge in [-0.1, -0.05) is 0 Å². The first-order valence-electron chi connectivity index (χ1n) is 10.3. The number of amides is 1. The molecule has 1 aliphatic heterocycles. The van der Waals surface area contributed by atoms with Crippen molar-refractivity contribution in [1.29, 1.82) is 0 Å². The van der Waals surface area contributed by atoms with Crippen LogP contribution >= 0.6 is 0 Å². The van der Waals surface area contributed by atoms with E-state index in [4.69, 9.17) is 4.74 Å². The standard InChI is InChI=1S/C24H28N4O2/c1-16-13-19(6-8-23(16)28-11-9-27(3)10-12-28)26-24(29)21-14-18-5-7-20(30-4)15-22(18)25-17(21)2/h5-8,13-15H,9-12H2,1-4H3,(H,26,29). The minimum Gasteiger partial charge on any atom is -0.497 e. The van der Waals surface area contributed by atoms with Gasteiger partial charge in [0.25, 0.3) is 5.91 Å². The molecule has 0 aliphatic carbocycles. The summed E-state index contributed by atoms with van der Waals surface area (Å²) in [4.78, 5) is 22.3. The molecule has 156 valence electrons. The highest BCUT2D eigenvalue weighted by atomic mass is 16.5. The van der Waals surface area contributed by atoms with E-state index >= 15 is 0 Å². The Balaban J connectivity index is 1.53. The number of carbonyl (C=O) groups is 1. The molecule has 0 unspecified atom stereocenters. The average molecular weight is 405 g/mol. The first-order chi connectivity index (χ1) is 14.4. The van der Waals surface area contributed by atoms with Crippen LogP contribution in [0.3, 0.4) is 0 Å². The molecular formula is C24H28N4O2. The van der Waals surface area contributed by atoms with E-state index < -0.39 is 0 Å². The second-order valence-electron chi connectivity index (χ2n) is 7.93. The normalized spacial score (nSPS) is 14.7. The van der Waals surface area contributed by atoms with E-state index in [1.165, 1.54) is 5.69 Å². The number of piperazine rings is 1. The van der Waals surface area contributed by atoms with Crippen molar-refractivity contribution in [3.05, 3.63) is 59.3 Å². The molecule has 1 saturated heterocycles. The molecule has 30 heavy (non-hydrogen) atoms. The molecule has 1 aromatic heterocycles. The fourth-order valence-electron chi connectivity index (χ4n) is 3.93. The number of carbonyl (C=O) groups excluding carboxylic acids is 1. The maximum atomic E-state index is 12.9. The van der Waals surface area contributed by atoms with E-state index in [2.05, 4.69) is 40.1 Å². The quantitative estimate of drug-likeness (QED) is 0.716. The Bertz CT molecular complexity index is 1090. The van der Waals surface area contributed by atoms with Crippen molar-refractivity contribution in [2.75, 3.05) is 50.6 Å². The topological polar surface area (TPSA) is 57.7 Å². The largest absolute Gasteiger partial charge is 0.497 e. The third-order valence-corrected chi connectivity index (χ3v) is 5.76. The van der Waals surface area contributed by atoms with Crippen molar-refractivity contribution < 1.29 is 9.53 Å². The van der Waals surface area contributed by atoms with Crippen molar-refractivity contribution in [2.45, 2.75) is 13.8 Å². The SMILES string of the molecule is COc1ccc2cc(C(=O)Nc3ccc(N4CCN(C)CC4)c(C)c3)c(C)nc2c1. The van der Waals surface area contributed by atoms with E-state index in [1.54, 1.807) is 7.11 Å². The van der Waals surface area contributed by atoms with Gasteiger partial charge in [0, 0.05) is 49.0 Å². The molecule has 6 nitrogen and oxygen atoms in total. The maximum Gasteiger partial charge on any atom is 0.257 e. The molecule has 3 aromatic rings. The van der Waals surface area contributed by atoms with Crippen LogP contribution in [-0.2, 0) is 0 Å². The van der Waals surface area contributed by atoms with Gasteiger partial charge in [0.15, 0.2) is 0 Å². The first-order valence-corrected chi connectivity index (χ1v) is 10.3. The summed E-state index contributed by atoms with van der Waals surface area (Å²) in [5.74, 6) is 0.604. The lowest BCUT2D eigenvalue weighted by molar-refractivity contribution is 0.102. The number of methoxy groups -OCH3 is 1. The zero-order valence-corrected chi connectivity index (χ0v) is 18.0. The average Bonchev–Trinajstić information content (AvgIpc) is 2.73. The van der Waals surface area contributed by atoms with Crippen molar-refractivity contribution >= 4 is 28.2 Å². The van der Waals surface area contributed by atoms with Crippen LogP contribution in [-0.4, -0.2) is 56.1 Å². The van der Waals surface area contributed by atoms with Crippen molar-refractivity contribution in [1.82, 2.24) is 9.88 Å². The number of ether oxygens (including phenoxy) is 1. The van der Waals surface area contributed by atoms with Gasteiger partial charge in [0.05, 0.1) is 23.9 Å². The molecular weight excluding hydrogens is 376 g/mol. The molecule has 0 spiro atoms. The summed E-state index contributed by atoms with van der Waals surface area (Å²) in [5.41, 5.74) is 5.28. The smallest absolute Gasteiger partial charge is 0.257 e. The monoisotopic (exact) mass is 404 g/mol. The van der Waals surface area contributed by atoms with E-state index in [0.29, 0.717) is 11.3 Å². The summed E-state index contributed by atoms with van der Waals surface area (Å²) in [6.45, 7) is 8.14. The second-order valence-corrected chi connectivity index (χ2v) is 7.93. The van der Waals surface area contributed by atoms with Gasteiger partial charge in [0.2, 0.25) is 0 Å². The second kappa shape index (κ2) is 8.32. The molecule has 4 rings (SSSR count). The summed E-state index contributed by atoms with van der Waals surface area (Å²) >= 11 is 0. The Kier molecular flexibility index (Phi) is 5.59. The molecule has 0 saturated carbocycles. The number of aromatic nitrogens is 1. The van der Waals surface area contributed by atoms with Crippen molar-refractivity contribution in [2.24, 2.45) is 0 Å². The highest BCUT2D eigenvalue weighted by Crippen LogP contribution is 2.26. The third kappa shape index (κ3) is 4.09. The summed E-state index contributed by atoms with van der Waals surface area (Å²) in [5, 5.41) is 3.94. The number of pyridine rings is 1. The molecule has 0 atom stereocenters. The molecule has 1 N–H and O–H groups in total. The summed E-state index contributed by atoms with van der Waals surface area (Å²) in [6, 6.07) is 13.7. The van der Waals surface area contributed by atoms with Crippen molar-refractivity contribution in [3.8, 4) is 5.75 Å². The van der Waals surface area contributed by atoms with Crippen LogP contribution in [0, 0.1) is 13.8 Å². The van der Waals surface area contributed by atoms with E-state index in [-0.39, 0.29) is 5.91 Å². The van der Waals surface area contributed by atoms with Crippen LogP contribution in [0.2, 0.25) is 0 Å². The predicted octanol–water partition coefficient (Wildman–Crippen LogP) is 3.86.